The van der Waals surface area contributed by atoms with E-state index in [1.54, 1.807) is 18.2 Å². The second kappa shape index (κ2) is 9.75. The van der Waals surface area contributed by atoms with E-state index in [-0.39, 0.29) is 23.1 Å². The van der Waals surface area contributed by atoms with Crippen molar-refractivity contribution in [2.75, 3.05) is 30.8 Å². The minimum absolute atomic E-state index is 0.144. The molecular weight excluding hydrogens is 426 g/mol. The van der Waals surface area contributed by atoms with Crippen molar-refractivity contribution in [1.29, 1.82) is 0 Å². The minimum atomic E-state index is -3.63. The number of benzene rings is 2. The van der Waals surface area contributed by atoms with Crippen LogP contribution in [0.25, 0.3) is 0 Å². The van der Waals surface area contributed by atoms with Gasteiger partial charge in [-0.05, 0) is 43.3 Å². The van der Waals surface area contributed by atoms with Gasteiger partial charge >= 0.3 is 0 Å². The van der Waals surface area contributed by atoms with E-state index in [0.29, 0.717) is 17.5 Å². The zero-order valence-corrected chi connectivity index (χ0v) is 18.1. The topological polar surface area (TPSA) is 105 Å². The van der Waals surface area contributed by atoms with Crippen LogP contribution in [0.5, 0.6) is 5.75 Å². The summed E-state index contributed by atoms with van der Waals surface area (Å²) in [4.78, 5) is 8.63. The van der Waals surface area contributed by atoms with Crippen molar-refractivity contribution in [1.82, 2.24) is 14.7 Å². The Labute approximate surface area is 180 Å². The van der Waals surface area contributed by atoms with Crippen LogP contribution in [0, 0.1) is 6.92 Å². The van der Waals surface area contributed by atoms with Crippen molar-refractivity contribution in [2.24, 2.45) is 0 Å². The van der Waals surface area contributed by atoms with Crippen molar-refractivity contribution < 1.29 is 13.2 Å². The molecule has 0 spiro atoms. The van der Waals surface area contributed by atoms with E-state index >= 15 is 0 Å². The summed E-state index contributed by atoms with van der Waals surface area (Å²) < 4.78 is 32.2. The first-order valence-corrected chi connectivity index (χ1v) is 11.0. The molecule has 0 saturated carbocycles. The Morgan fingerprint density at radius 3 is 2.37 bits per heavy atom. The maximum absolute atomic E-state index is 12.3. The summed E-state index contributed by atoms with van der Waals surface area (Å²) in [6, 6.07) is 15.6. The first-order chi connectivity index (χ1) is 14.4. The summed E-state index contributed by atoms with van der Waals surface area (Å²) in [6.45, 7) is 2.43. The molecule has 3 rings (SSSR count). The number of anilines is 3. The second-order valence-electron chi connectivity index (χ2n) is 6.39. The van der Waals surface area contributed by atoms with Crippen LogP contribution in [-0.2, 0) is 10.0 Å². The van der Waals surface area contributed by atoms with E-state index in [9.17, 15) is 8.42 Å². The van der Waals surface area contributed by atoms with Gasteiger partial charge in [0.15, 0.2) is 0 Å². The van der Waals surface area contributed by atoms with E-state index in [1.165, 1.54) is 19.2 Å². The molecule has 0 atom stereocenters. The third-order valence-electron chi connectivity index (χ3n) is 4.09. The van der Waals surface area contributed by atoms with Crippen LogP contribution in [0.3, 0.4) is 0 Å². The summed E-state index contributed by atoms with van der Waals surface area (Å²) in [5, 5.41) is 6.39. The predicted octanol–water partition coefficient (Wildman–Crippen LogP) is 3.58. The van der Waals surface area contributed by atoms with Gasteiger partial charge in [0.05, 0.1) is 12.0 Å². The summed E-state index contributed by atoms with van der Waals surface area (Å²) in [5.74, 6) is 1.41. The molecule has 30 heavy (non-hydrogen) atoms. The maximum Gasteiger partial charge on any atom is 0.240 e. The van der Waals surface area contributed by atoms with Crippen LogP contribution < -0.4 is 20.1 Å². The molecule has 1 heterocycles. The van der Waals surface area contributed by atoms with Gasteiger partial charge in [0.2, 0.25) is 16.0 Å². The number of aromatic nitrogens is 2. The number of nitrogens with zero attached hydrogens (tertiary/aromatic N) is 2. The fourth-order valence-corrected chi connectivity index (χ4v) is 3.76. The molecule has 158 valence electrons. The molecule has 0 aliphatic rings. The standard InChI is InChI=1S/C20H22ClN5O3S/c1-14-3-5-15(6-4-14)24-19-13-18(21)25-20(26-19)22-11-12-23-30(27,28)17-9-7-16(29-2)8-10-17/h3-10,13,23H,11-12H2,1-2H3,(H2,22,24,25,26). The largest absolute Gasteiger partial charge is 0.497 e. The lowest BCUT2D eigenvalue weighted by Gasteiger charge is -2.11. The third kappa shape index (κ3) is 6.06. The van der Waals surface area contributed by atoms with Gasteiger partial charge in [-0.25, -0.2) is 18.1 Å². The lowest BCUT2D eigenvalue weighted by Crippen LogP contribution is -2.29. The van der Waals surface area contributed by atoms with Crippen molar-refractivity contribution >= 4 is 39.1 Å². The smallest absolute Gasteiger partial charge is 0.240 e. The highest BCUT2D eigenvalue weighted by molar-refractivity contribution is 7.89. The molecular formula is C20H22ClN5O3S. The summed E-state index contributed by atoms with van der Waals surface area (Å²) in [5.41, 5.74) is 2.02. The molecule has 2 aromatic carbocycles. The fourth-order valence-electron chi connectivity index (χ4n) is 2.54. The number of methoxy groups -OCH3 is 1. The maximum atomic E-state index is 12.3. The highest BCUT2D eigenvalue weighted by Crippen LogP contribution is 2.19. The molecule has 10 heteroatoms. The summed E-state index contributed by atoms with van der Waals surface area (Å²) in [7, 11) is -2.10. The molecule has 0 amide bonds. The normalized spacial score (nSPS) is 11.2. The number of ether oxygens (including phenoxy) is 1. The number of halogens is 1. The molecule has 0 fully saturated rings. The molecule has 3 aromatic rings. The quantitative estimate of drug-likeness (QED) is 0.340. The minimum Gasteiger partial charge on any atom is -0.497 e. The number of hydrogen-bond donors (Lipinski definition) is 3. The van der Waals surface area contributed by atoms with E-state index in [4.69, 9.17) is 16.3 Å². The second-order valence-corrected chi connectivity index (χ2v) is 8.54. The van der Waals surface area contributed by atoms with Gasteiger partial charge < -0.3 is 15.4 Å². The Morgan fingerprint density at radius 2 is 1.70 bits per heavy atom. The zero-order chi connectivity index (χ0) is 21.6. The Kier molecular flexibility index (Phi) is 7.09. The number of aryl methyl sites for hydroxylation is 1. The van der Waals surface area contributed by atoms with Crippen molar-refractivity contribution in [2.45, 2.75) is 11.8 Å². The first-order valence-electron chi connectivity index (χ1n) is 9.11. The predicted molar refractivity (Wildman–Crippen MR) is 118 cm³/mol. The monoisotopic (exact) mass is 447 g/mol. The molecule has 0 radical (unpaired) electrons. The van der Waals surface area contributed by atoms with E-state index in [0.717, 1.165) is 11.3 Å². The molecule has 0 unspecified atom stereocenters. The van der Waals surface area contributed by atoms with Gasteiger partial charge in [-0.15, -0.1) is 0 Å². The third-order valence-corrected chi connectivity index (χ3v) is 5.76. The highest BCUT2D eigenvalue weighted by Gasteiger charge is 2.13. The van der Waals surface area contributed by atoms with Crippen LogP contribution >= 0.6 is 11.6 Å². The van der Waals surface area contributed by atoms with Gasteiger partial charge in [0.25, 0.3) is 0 Å². The number of rotatable bonds is 9. The van der Waals surface area contributed by atoms with Crippen LogP contribution in [-0.4, -0.2) is 38.6 Å². The molecule has 0 aliphatic carbocycles. The van der Waals surface area contributed by atoms with Crippen molar-refractivity contribution in [3.05, 3.63) is 65.3 Å². The lowest BCUT2D eigenvalue weighted by molar-refractivity contribution is 0.414. The van der Waals surface area contributed by atoms with Gasteiger partial charge in [0.1, 0.15) is 16.7 Å². The van der Waals surface area contributed by atoms with E-state index in [2.05, 4.69) is 25.3 Å². The number of hydrogen-bond acceptors (Lipinski definition) is 7. The SMILES string of the molecule is COc1ccc(S(=O)(=O)NCCNc2nc(Cl)cc(Nc3ccc(C)cc3)n2)cc1. The fraction of sp³-hybridized carbons (Fsp3) is 0.200. The Hall–Kier alpha value is -2.88. The molecule has 8 nitrogen and oxygen atoms in total. The number of nitrogens with one attached hydrogen (secondary N) is 3. The van der Waals surface area contributed by atoms with Gasteiger partial charge in [-0.2, -0.15) is 4.98 Å². The van der Waals surface area contributed by atoms with Crippen molar-refractivity contribution in [3.63, 3.8) is 0 Å². The summed E-state index contributed by atoms with van der Waals surface area (Å²) in [6.07, 6.45) is 0. The van der Waals surface area contributed by atoms with E-state index in [1.807, 2.05) is 31.2 Å². The molecule has 0 bridgehead atoms. The molecule has 3 N–H and O–H groups in total. The molecule has 0 saturated heterocycles. The average molecular weight is 448 g/mol. The average Bonchev–Trinajstić information content (AvgIpc) is 2.73. The van der Waals surface area contributed by atoms with Crippen LogP contribution in [0.15, 0.2) is 59.5 Å². The zero-order valence-electron chi connectivity index (χ0n) is 16.5. The summed E-state index contributed by atoms with van der Waals surface area (Å²) >= 11 is 6.08. The molecule has 0 aliphatic heterocycles. The van der Waals surface area contributed by atoms with Gasteiger partial charge in [-0.1, -0.05) is 29.3 Å². The van der Waals surface area contributed by atoms with Crippen LogP contribution in [0.1, 0.15) is 5.56 Å². The molecule has 1 aromatic heterocycles. The van der Waals surface area contributed by atoms with Crippen molar-refractivity contribution in [3.8, 4) is 5.75 Å². The first kappa shape index (κ1) is 21.8. The number of sulfonamides is 1. The van der Waals surface area contributed by atoms with Gasteiger partial charge in [-0.3, -0.25) is 0 Å². The highest BCUT2D eigenvalue weighted by atomic mass is 35.5. The Bertz CT molecular complexity index is 1090. The van der Waals surface area contributed by atoms with Gasteiger partial charge in [0, 0.05) is 24.8 Å². The Balaban J connectivity index is 1.56. The lowest BCUT2D eigenvalue weighted by atomic mass is 10.2. The van der Waals surface area contributed by atoms with E-state index < -0.39 is 10.0 Å². The van der Waals surface area contributed by atoms with Crippen LogP contribution in [0.2, 0.25) is 5.15 Å². The Morgan fingerprint density at radius 1 is 1.00 bits per heavy atom. The van der Waals surface area contributed by atoms with Crippen LogP contribution in [0.4, 0.5) is 17.5 Å².